The molecule has 1 heterocycles. The first-order chi connectivity index (χ1) is 9.68. The highest BCUT2D eigenvalue weighted by Crippen LogP contribution is 2.32. The van der Waals surface area contributed by atoms with Gasteiger partial charge in [-0.15, -0.1) is 0 Å². The second-order valence-electron chi connectivity index (χ2n) is 5.17. The van der Waals surface area contributed by atoms with Gasteiger partial charge in [0.2, 0.25) is 0 Å². The van der Waals surface area contributed by atoms with Crippen molar-refractivity contribution < 1.29 is 4.79 Å². The molecular weight excluding hydrogens is 314 g/mol. The summed E-state index contributed by atoms with van der Waals surface area (Å²) < 4.78 is 0.847. The molecule has 0 aliphatic carbocycles. The maximum absolute atomic E-state index is 12.9. The van der Waals surface area contributed by atoms with Crippen molar-refractivity contribution in [2.75, 3.05) is 4.90 Å². The molecule has 3 rings (SSSR count). The second kappa shape index (κ2) is 5.41. The molecular formula is C17H16BrNO. The highest BCUT2D eigenvalue weighted by Gasteiger charge is 2.29. The standard InChI is InChI=1S/C17H16BrNO/c1-12-10-11-13-6-2-5-9-16(13)19(12)17(20)14-7-3-4-8-15(14)18/h2-9,12H,10-11H2,1H3. The van der Waals surface area contributed by atoms with E-state index in [0.717, 1.165) is 28.6 Å². The number of rotatable bonds is 1. The number of aryl methyl sites for hydroxylation is 1. The summed E-state index contributed by atoms with van der Waals surface area (Å²) in [5.74, 6) is 0.0668. The van der Waals surface area contributed by atoms with Crippen molar-refractivity contribution in [3.8, 4) is 0 Å². The van der Waals surface area contributed by atoms with Gasteiger partial charge in [0, 0.05) is 16.2 Å². The highest BCUT2D eigenvalue weighted by molar-refractivity contribution is 9.10. The summed E-state index contributed by atoms with van der Waals surface area (Å²) in [7, 11) is 0. The first kappa shape index (κ1) is 13.4. The minimum atomic E-state index is 0.0668. The Morgan fingerprint density at radius 3 is 2.65 bits per heavy atom. The zero-order chi connectivity index (χ0) is 14.1. The Balaban J connectivity index is 2.05. The Kier molecular flexibility index (Phi) is 3.62. The third-order valence-corrected chi connectivity index (χ3v) is 4.54. The van der Waals surface area contributed by atoms with Crippen LogP contribution >= 0.6 is 15.9 Å². The second-order valence-corrected chi connectivity index (χ2v) is 6.03. The molecule has 0 bridgehead atoms. The zero-order valence-corrected chi connectivity index (χ0v) is 12.9. The SMILES string of the molecule is CC1CCc2ccccc2N1C(=O)c1ccccc1Br. The maximum Gasteiger partial charge on any atom is 0.259 e. The molecule has 102 valence electrons. The number of carbonyl (C=O) groups is 1. The van der Waals surface area contributed by atoms with Crippen LogP contribution in [0.25, 0.3) is 0 Å². The molecule has 1 unspecified atom stereocenters. The normalized spacial score (nSPS) is 17.7. The number of anilines is 1. The van der Waals surface area contributed by atoms with Crippen LogP contribution in [0.15, 0.2) is 53.0 Å². The summed E-state index contributed by atoms with van der Waals surface area (Å²) in [6, 6.07) is 16.0. The molecule has 20 heavy (non-hydrogen) atoms. The summed E-state index contributed by atoms with van der Waals surface area (Å²) in [6.07, 6.45) is 2.05. The third kappa shape index (κ3) is 2.27. The van der Waals surface area contributed by atoms with Gasteiger partial charge in [-0.25, -0.2) is 0 Å². The van der Waals surface area contributed by atoms with Gasteiger partial charge in [-0.3, -0.25) is 4.79 Å². The predicted octanol–water partition coefficient (Wildman–Crippen LogP) is 4.43. The molecule has 0 saturated carbocycles. The van der Waals surface area contributed by atoms with Crippen LogP contribution in [-0.2, 0) is 6.42 Å². The van der Waals surface area contributed by atoms with E-state index in [1.807, 2.05) is 47.4 Å². The fraction of sp³-hybridized carbons (Fsp3) is 0.235. The highest BCUT2D eigenvalue weighted by atomic mass is 79.9. The lowest BCUT2D eigenvalue weighted by molar-refractivity contribution is 0.0974. The van der Waals surface area contributed by atoms with Gasteiger partial charge in [-0.1, -0.05) is 30.3 Å². The van der Waals surface area contributed by atoms with Crippen LogP contribution in [0.4, 0.5) is 5.69 Å². The van der Waals surface area contributed by atoms with Crippen molar-refractivity contribution in [3.63, 3.8) is 0 Å². The number of halogens is 1. The topological polar surface area (TPSA) is 20.3 Å². The molecule has 2 aromatic carbocycles. The summed E-state index contributed by atoms with van der Waals surface area (Å²) in [4.78, 5) is 14.8. The van der Waals surface area contributed by atoms with E-state index in [2.05, 4.69) is 28.9 Å². The van der Waals surface area contributed by atoms with Crippen molar-refractivity contribution in [3.05, 3.63) is 64.1 Å². The van der Waals surface area contributed by atoms with Gasteiger partial charge in [0.1, 0.15) is 0 Å². The molecule has 1 aliphatic rings. The Morgan fingerprint density at radius 2 is 1.85 bits per heavy atom. The molecule has 2 nitrogen and oxygen atoms in total. The predicted molar refractivity (Wildman–Crippen MR) is 85.2 cm³/mol. The average molecular weight is 330 g/mol. The van der Waals surface area contributed by atoms with E-state index < -0.39 is 0 Å². The molecule has 0 N–H and O–H groups in total. The number of amides is 1. The van der Waals surface area contributed by atoms with Crippen molar-refractivity contribution in [2.24, 2.45) is 0 Å². The van der Waals surface area contributed by atoms with Crippen LogP contribution in [-0.4, -0.2) is 11.9 Å². The van der Waals surface area contributed by atoms with E-state index in [4.69, 9.17) is 0 Å². The van der Waals surface area contributed by atoms with Gasteiger partial charge in [-0.2, -0.15) is 0 Å². The molecule has 3 heteroatoms. The lowest BCUT2D eigenvalue weighted by Gasteiger charge is -2.35. The molecule has 1 amide bonds. The number of nitrogens with zero attached hydrogens (tertiary/aromatic N) is 1. The Morgan fingerprint density at radius 1 is 1.15 bits per heavy atom. The van der Waals surface area contributed by atoms with E-state index >= 15 is 0 Å². The quantitative estimate of drug-likeness (QED) is 0.757. The number of benzene rings is 2. The van der Waals surface area contributed by atoms with Gasteiger partial charge in [0.05, 0.1) is 5.56 Å². The smallest absolute Gasteiger partial charge is 0.259 e. The molecule has 0 fully saturated rings. The Bertz CT molecular complexity index is 653. The lowest BCUT2D eigenvalue weighted by Crippen LogP contribution is -2.42. The minimum absolute atomic E-state index is 0.0668. The first-order valence-corrected chi connectivity index (χ1v) is 7.64. The number of carbonyl (C=O) groups excluding carboxylic acids is 1. The molecule has 0 aromatic heterocycles. The summed E-state index contributed by atoms with van der Waals surface area (Å²) >= 11 is 3.48. The molecule has 1 atom stereocenters. The Labute approximate surface area is 127 Å². The average Bonchev–Trinajstić information content (AvgIpc) is 2.47. The van der Waals surface area contributed by atoms with Gasteiger partial charge in [-0.05, 0) is 59.5 Å². The van der Waals surface area contributed by atoms with Crippen molar-refractivity contribution in [1.29, 1.82) is 0 Å². The van der Waals surface area contributed by atoms with Gasteiger partial charge >= 0.3 is 0 Å². The van der Waals surface area contributed by atoms with E-state index in [1.54, 1.807) is 0 Å². The van der Waals surface area contributed by atoms with E-state index in [-0.39, 0.29) is 11.9 Å². The molecule has 0 radical (unpaired) electrons. The van der Waals surface area contributed by atoms with Crippen molar-refractivity contribution in [1.82, 2.24) is 0 Å². The number of hydrogen-bond donors (Lipinski definition) is 0. The minimum Gasteiger partial charge on any atom is -0.305 e. The number of fused-ring (bicyclic) bond motifs is 1. The van der Waals surface area contributed by atoms with E-state index in [9.17, 15) is 4.79 Å². The van der Waals surface area contributed by atoms with Crippen LogP contribution in [0.2, 0.25) is 0 Å². The van der Waals surface area contributed by atoms with Crippen LogP contribution in [0.5, 0.6) is 0 Å². The summed E-state index contributed by atoms with van der Waals surface area (Å²) in [5, 5.41) is 0. The zero-order valence-electron chi connectivity index (χ0n) is 11.3. The largest absolute Gasteiger partial charge is 0.305 e. The van der Waals surface area contributed by atoms with Gasteiger partial charge in [0.25, 0.3) is 5.91 Å². The lowest BCUT2D eigenvalue weighted by atomic mass is 9.96. The monoisotopic (exact) mass is 329 g/mol. The van der Waals surface area contributed by atoms with Crippen LogP contribution < -0.4 is 4.90 Å². The van der Waals surface area contributed by atoms with Gasteiger partial charge in [0.15, 0.2) is 0 Å². The van der Waals surface area contributed by atoms with Crippen LogP contribution in [0.1, 0.15) is 29.3 Å². The van der Waals surface area contributed by atoms with Crippen molar-refractivity contribution >= 4 is 27.5 Å². The number of hydrogen-bond acceptors (Lipinski definition) is 1. The Hall–Kier alpha value is -1.61. The molecule has 1 aliphatic heterocycles. The first-order valence-electron chi connectivity index (χ1n) is 6.84. The maximum atomic E-state index is 12.9. The summed E-state index contributed by atoms with van der Waals surface area (Å²) in [6.45, 7) is 2.12. The van der Waals surface area contributed by atoms with Crippen LogP contribution in [0, 0.1) is 0 Å². The molecule has 0 saturated heterocycles. The van der Waals surface area contributed by atoms with Gasteiger partial charge < -0.3 is 4.90 Å². The van der Waals surface area contributed by atoms with Crippen molar-refractivity contribution in [2.45, 2.75) is 25.8 Å². The number of para-hydroxylation sites is 1. The fourth-order valence-electron chi connectivity index (χ4n) is 2.76. The molecule has 2 aromatic rings. The van der Waals surface area contributed by atoms with E-state index in [1.165, 1.54) is 5.56 Å². The third-order valence-electron chi connectivity index (χ3n) is 3.85. The van der Waals surface area contributed by atoms with E-state index in [0.29, 0.717) is 0 Å². The summed E-state index contributed by atoms with van der Waals surface area (Å²) in [5.41, 5.74) is 3.02. The molecule has 0 spiro atoms. The van der Waals surface area contributed by atoms with Crippen LogP contribution in [0.3, 0.4) is 0 Å². The fourth-order valence-corrected chi connectivity index (χ4v) is 3.22.